The predicted octanol–water partition coefficient (Wildman–Crippen LogP) is 3.13. The zero-order chi connectivity index (χ0) is 19.6. The van der Waals surface area contributed by atoms with Gasteiger partial charge in [-0.05, 0) is 35.9 Å². The van der Waals surface area contributed by atoms with Gasteiger partial charge >= 0.3 is 0 Å². The van der Waals surface area contributed by atoms with Gasteiger partial charge in [-0.3, -0.25) is 4.79 Å². The summed E-state index contributed by atoms with van der Waals surface area (Å²) in [6, 6.07) is 14.9. The highest BCUT2D eigenvalue weighted by atomic mass is 35.5. The molecular formula is C21H22ClN3O2. The van der Waals surface area contributed by atoms with Gasteiger partial charge in [-0.1, -0.05) is 23.7 Å². The van der Waals surface area contributed by atoms with Crippen molar-refractivity contribution in [3.63, 3.8) is 0 Å². The number of hydrogen-bond acceptors (Lipinski definition) is 4. The molecule has 1 N–H and O–H groups in total. The summed E-state index contributed by atoms with van der Waals surface area (Å²) in [5.74, 6) is -0.0867. The van der Waals surface area contributed by atoms with E-state index in [9.17, 15) is 15.2 Å². The van der Waals surface area contributed by atoms with E-state index in [0.717, 1.165) is 11.3 Å². The number of rotatable bonds is 4. The van der Waals surface area contributed by atoms with Crippen LogP contribution in [0, 0.1) is 17.2 Å². The molecule has 1 fully saturated rings. The Bertz CT molecular complexity index is 874. The molecule has 27 heavy (non-hydrogen) atoms. The quantitative estimate of drug-likeness (QED) is 0.880. The molecule has 0 spiro atoms. The largest absolute Gasteiger partial charge is 0.396 e. The standard InChI is InChI=1S/C21H22ClN3O2/c1-24(2)19-8-14(10-23)7-16(9-19)21(27)25-11-17(13-26)20(12-25)15-3-5-18(22)6-4-15/h3-9,17,20,26H,11-13H2,1-2H3/t17-,20-/m0/s1. The van der Waals surface area contributed by atoms with Crippen LogP contribution < -0.4 is 4.90 Å². The van der Waals surface area contributed by atoms with E-state index in [4.69, 9.17) is 11.6 Å². The van der Waals surface area contributed by atoms with Gasteiger partial charge < -0.3 is 14.9 Å². The molecule has 2 atom stereocenters. The Morgan fingerprint density at radius 1 is 1.26 bits per heavy atom. The Kier molecular flexibility index (Phi) is 5.69. The van der Waals surface area contributed by atoms with E-state index in [1.807, 2.05) is 43.3 Å². The molecule has 1 saturated heterocycles. The molecule has 3 rings (SSSR count). The van der Waals surface area contributed by atoms with Gasteiger partial charge in [-0.2, -0.15) is 5.26 Å². The van der Waals surface area contributed by atoms with E-state index in [1.165, 1.54) is 0 Å². The second kappa shape index (κ2) is 7.99. The molecule has 1 aliphatic rings. The van der Waals surface area contributed by atoms with Crippen molar-refractivity contribution in [1.29, 1.82) is 5.26 Å². The van der Waals surface area contributed by atoms with Gasteiger partial charge in [0.1, 0.15) is 0 Å². The second-order valence-corrected chi connectivity index (χ2v) is 7.52. The Morgan fingerprint density at radius 3 is 2.56 bits per heavy atom. The van der Waals surface area contributed by atoms with Crippen LogP contribution in [0.3, 0.4) is 0 Å². The van der Waals surface area contributed by atoms with Crippen LogP contribution in [0.1, 0.15) is 27.4 Å². The van der Waals surface area contributed by atoms with Gasteiger partial charge in [0.15, 0.2) is 0 Å². The summed E-state index contributed by atoms with van der Waals surface area (Å²) < 4.78 is 0. The number of anilines is 1. The molecule has 2 aromatic rings. The van der Waals surface area contributed by atoms with Gasteiger partial charge in [0.05, 0.1) is 11.6 Å². The fourth-order valence-electron chi connectivity index (χ4n) is 3.55. The van der Waals surface area contributed by atoms with Crippen molar-refractivity contribution in [3.8, 4) is 6.07 Å². The maximum absolute atomic E-state index is 13.1. The van der Waals surface area contributed by atoms with Crippen LogP contribution in [0.4, 0.5) is 5.69 Å². The lowest BCUT2D eigenvalue weighted by Gasteiger charge is -2.19. The third-order valence-electron chi connectivity index (χ3n) is 5.07. The Labute approximate surface area is 164 Å². The zero-order valence-corrected chi connectivity index (χ0v) is 16.1. The smallest absolute Gasteiger partial charge is 0.254 e. The molecule has 0 aliphatic carbocycles. The number of aliphatic hydroxyl groups is 1. The summed E-state index contributed by atoms with van der Waals surface area (Å²) in [5.41, 5.74) is 2.82. The first kappa shape index (κ1) is 19.2. The molecule has 1 heterocycles. The average Bonchev–Trinajstić information content (AvgIpc) is 3.11. The number of amides is 1. The molecule has 0 saturated carbocycles. The first-order chi connectivity index (χ1) is 12.9. The Morgan fingerprint density at radius 2 is 1.96 bits per heavy atom. The highest BCUT2D eigenvalue weighted by Gasteiger charge is 2.36. The molecule has 1 amide bonds. The lowest BCUT2D eigenvalue weighted by molar-refractivity contribution is 0.0781. The molecule has 2 aromatic carbocycles. The van der Waals surface area contributed by atoms with Gasteiger partial charge in [-0.15, -0.1) is 0 Å². The number of halogens is 1. The minimum Gasteiger partial charge on any atom is -0.396 e. The van der Waals surface area contributed by atoms with Crippen LogP contribution in [-0.2, 0) is 0 Å². The first-order valence-corrected chi connectivity index (χ1v) is 9.19. The first-order valence-electron chi connectivity index (χ1n) is 8.81. The average molecular weight is 384 g/mol. The topological polar surface area (TPSA) is 67.6 Å². The van der Waals surface area contributed by atoms with Crippen molar-refractivity contribution in [1.82, 2.24) is 4.90 Å². The summed E-state index contributed by atoms with van der Waals surface area (Å²) in [6.45, 7) is 1.02. The number of aliphatic hydroxyl groups excluding tert-OH is 1. The van der Waals surface area contributed by atoms with Gasteiger partial charge in [0, 0.05) is 61.9 Å². The van der Waals surface area contributed by atoms with Crippen LogP contribution >= 0.6 is 11.6 Å². The van der Waals surface area contributed by atoms with Gasteiger partial charge in [-0.25, -0.2) is 0 Å². The molecule has 1 aliphatic heterocycles. The minimum atomic E-state index is -0.120. The lowest BCUT2D eigenvalue weighted by atomic mass is 9.90. The number of hydrogen-bond donors (Lipinski definition) is 1. The van der Waals surface area contributed by atoms with Crippen LogP contribution in [-0.4, -0.2) is 49.7 Å². The van der Waals surface area contributed by atoms with E-state index >= 15 is 0 Å². The SMILES string of the molecule is CN(C)c1cc(C#N)cc(C(=O)N2C[C@@H](CO)[C@H](c3ccc(Cl)cc3)C2)c1. The van der Waals surface area contributed by atoms with Crippen molar-refractivity contribution in [3.05, 3.63) is 64.2 Å². The number of nitrogens with zero attached hydrogens (tertiary/aromatic N) is 3. The summed E-state index contributed by atoms with van der Waals surface area (Å²) in [6.07, 6.45) is 0. The monoisotopic (exact) mass is 383 g/mol. The van der Waals surface area contributed by atoms with E-state index in [-0.39, 0.29) is 24.3 Å². The highest BCUT2D eigenvalue weighted by Crippen LogP contribution is 2.34. The second-order valence-electron chi connectivity index (χ2n) is 7.09. The van der Waals surface area contributed by atoms with Crippen molar-refractivity contribution >= 4 is 23.2 Å². The summed E-state index contributed by atoms with van der Waals surface area (Å²) in [5, 5.41) is 19.7. The van der Waals surface area contributed by atoms with Gasteiger partial charge in [0.2, 0.25) is 0 Å². The third-order valence-corrected chi connectivity index (χ3v) is 5.32. The third kappa shape index (κ3) is 4.08. The molecule has 0 bridgehead atoms. The Hall–Kier alpha value is -2.55. The number of nitriles is 1. The maximum Gasteiger partial charge on any atom is 0.254 e. The number of carbonyl (C=O) groups excluding carboxylic acids is 1. The fraction of sp³-hybridized carbons (Fsp3) is 0.333. The lowest BCUT2D eigenvalue weighted by Crippen LogP contribution is -2.29. The molecule has 140 valence electrons. The molecular weight excluding hydrogens is 362 g/mol. The van der Waals surface area contributed by atoms with Crippen molar-refractivity contribution < 1.29 is 9.90 Å². The molecule has 0 radical (unpaired) electrons. The van der Waals surface area contributed by atoms with Crippen LogP contribution in [0.25, 0.3) is 0 Å². The van der Waals surface area contributed by atoms with E-state index in [0.29, 0.717) is 29.2 Å². The van der Waals surface area contributed by atoms with Crippen LogP contribution in [0.15, 0.2) is 42.5 Å². The van der Waals surface area contributed by atoms with Crippen molar-refractivity contribution in [2.24, 2.45) is 5.92 Å². The zero-order valence-electron chi connectivity index (χ0n) is 15.4. The van der Waals surface area contributed by atoms with Crippen LogP contribution in [0.2, 0.25) is 5.02 Å². The normalized spacial score (nSPS) is 19.0. The number of benzene rings is 2. The fourth-order valence-corrected chi connectivity index (χ4v) is 3.68. The van der Waals surface area contributed by atoms with Crippen LogP contribution in [0.5, 0.6) is 0 Å². The van der Waals surface area contributed by atoms with E-state index in [2.05, 4.69) is 6.07 Å². The molecule has 0 aromatic heterocycles. The minimum absolute atomic E-state index is 0.0122. The molecule has 5 nitrogen and oxygen atoms in total. The summed E-state index contributed by atoms with van der Waals surface area (Å²) in [4.78, 5) is 16.7. The molecule has 0 unspecified atom stereocenters. The summed E-state index contributed by atoms with van der Waals surface area (Å²) in [7, 11) is 3.75. The van der Waals surface area contributed by atoms with Crippen molar-refractivity contribution in [2.75, 3.05) is 38.7 Å². The predicted molar refractivity (Wildman–Crippen MR) is 106 cm³/mol. The number of carbonyl (C=O) groups is 1. The Balaban J connectivity index is 1.87. The summed E-state index contributed by atoms with van der Waals surface area (Å²) >= 11 is 5.97. The maximum atomic E-state index is 13.1. The highest BCUT2D eigenvalue weighted by molar-refractivity contribution is 6.30. The van der Waals surface area contributed by atoms with Crippen molar-refractivity contribution in [2.45, 2.75) is 5.92 Å². The van der Waals surface area contributed by atoms with E-state index < -0.39 is 0 Å². The molecule has 6 heteroatoms. The van der Waals surface area contributed by atoms with E-state index in [1.54, 1.807) is 23.1 Å². The number of likely N-dealkylation sites (tertiary alicyclic amines) is 1. The van der Waals surface area contributed by atoms with Gasteiger partial charge in [0.25, 0.3) is 5.91 Å².